The summed E-state index contributed by atoms with van der Waals surface area (Å²) in [6, 6.07) is 9.58. The molecule has 0 aliphatic rings. The molecule has 0 saturated heterocycles. The van der Waals surface area contributed by atoms with Gasteiger partial charge >= 0.3 is 19.5 Å². The van der Waals surface area contributed by atoms with Crippen molar-refractivity contribution in [3.8, 4) is 11.8 Å². The summed E-state index contributed by atoms with van der Waals surface area (Å²) >= 11 is 0. The molecule has 0 spiro atoms. The minimum Gasteiger partial charge on any atom is -0.859 e. The normalized spacial score (nSPS) is 8.00. The summed E-state index contributed by atoms with van der Waals surface area (Å²) in [5.41, 5.74) is 0. The first-order valence-corrected chi connectivity index (χ1v) is 3.95. The van der Waals surface area contributed by atoms with Crippen molar-refractivity contribution < 1.29 is 29.7 Å². The molecule has 15 heavy (non-hydrogen) atoms. The maximum Gasteiger partial charge on any atom is 2.00 e. The molecule has 0 N–H and O–H groups in total. The van der Waals surface area contributed by atoms with E-state index in [9.17, 15) is 10.2 Å². The van der Waals surface area contributed by atoms with Crippen LogP contribution in [0.3, 0.4) is 0 Å². The molecule has 0 radical (unpaired) electrons. The number of pyridine rings is 2. The molecule has 0 fully saturated rings. The summed E-state index contributed by atoms with van der Waals surface area (Å²) in [6.07, 6.45) is 2.95. The van der Waals surface area contributed by atoms with Crippen LogP contribution in [0.2, 0.25) is 0 Å². The fourth-order valence-corrected chi connectivity index (χ4v) is 0.694. The van der Waals surface area contributed by atoms with E-state index in [1.54, 1.807) is 24.3 Å². The van der Waals surface area contributed by atoms with Gasteiger partial charge in [-0.1, -0.05) is 24.3 Å². The van der Waals surface area contributed by atoms with Crippen molar-refractivity contribution in [3.05, 3.63) is 48.8 Å². The van der Waals surface area contributed by atoms with Gasteiger partial charge in [-0.2, -0.15) is 0 Å². The third kappa shape index (κ3) is 6.58. The molecule has 0 aliphatic heterocycles. The molecule has 0 atom stereocenters. The van der Waals surface area contributed by atoms with E-state index in [0.29, 0.717) is 0 Å². The molecule has 0 aromatic carbocycles. The van der Waals surface area contributed by atoms with Gasteiger partial charge in [0.25, 0.3) is 0 Å². The van der Waals surface area contributed by atoms with Gasteiger partial charge in [-0.15, -0.1) is 0 Å². The Kier molecular flexibility index (Phi) is 7.11. The van der Waals surface area contributed by atoms with Crippen LogP contribution in [-0.4, -0.2) is 9.97 Å². The average Bonchev–Trinajstić information content (AvgIpc) is 2.21. The average molecular weight is 254 g/mol. The summed E-state index contributed by atoms with van der Waals surface area (Å²) < 4.78 is 0. The number of aromatic nitrogens is 2. The van der Waals surface area contributed by atoms with Gasteiger partial charge in [-0.25, -0.2) is 0 Å². The Bertz CT molecular complexity index is 319. The van der Waals surface area contributed by atoms with Gasteiger partial charge in [0, 0.05) is 12.4 Å². The van der Waals surface area contributed by atoms with E-state index in [1.165, 1.54) is 24.5 Å². The maximum atomic E-state index is 10.2. The molecule has 0 aliphatic carbocycles. The van der Waals surface area contributed by atoms with Gasteiger partial charge in [-0.05, 0) is 23.9 Å². The summed E-state index contributed by atoms with van der Waals surface area (Å²) in [5.74, 6) is -0.356. The first-order chi connectivity index (χ1) is 6.79. The van der Waals surface area contributed by atoms with Crippen molar-refractivity contribution in [2.45, 2.75) is 0 Å². The number of nitrogens with zero attached hydrogens (tertiary/aromatic N) is 2. The fraction of sp³-hybridized carbons (Fsp3) is 0. The van der Waals surface area contributed by atoms with E-state index in [0.717, 1.165) is 0 Å². The molecular weight excluding hydrogens is 246 g/mol. The van der Waals surface area contributed by atoms with Crippen molar-refractivity contribution in [2.24, 2.45) is 0 Å². The summed E-state index contributed by atoms with van der Waals surface area (Å²) in [5, 5.41) is 20.3. The van der Waals surface area contributed by atoms with Crippen LogP contribution in [0.1, 0.15) is 0 Å². The van der Waals surface area contributed by atoms with E-state index in [2.05, 4.69) is 9.97 Å². The molecule has 2 rings (SSSR count). The van der Waals surface area contributed by atoms with Crippen molar-refractivity contribution >= 4 is 0 Å². The second-order valence-corrected chi connectivity index (χ2v) is 2.34. The third-order valence-corrected chi connectivity index (χ3v) is 1.28. The number of rotatable bonds is 0. The summed E-state index contributed by atoms with van der Waals surface area (Å²) in [6.45, 7) is 0. The predicted octanol–water partition coefficient (Wildman–Crippen LogP) is 0.308. The smallest absolute Gasteiger partial charge is 0.859 e. The van der Waals surface area contributed by atoms with Crippen molar-refractivity contribution in [3.63, 3.8) is 0 Å². The molecule has 0 saturated carbocycles. The van der Waals surface area contributed by atoms with Gasteiger partial charge in [0.1, 0.15) is 0 Å². The third-order valence-electron chi connectivity index (χ3n) is 1.28. The largest absolute Gasteiger partial charge is 2.00 e. The van der Waals surface area contributed by atoms with E-state index < -0.39 is 0 Å². The van der Waals surface area contributed by atoms with Crippen LogP contribution < -0.4 is 10.2 Å². The van der Waals surface area contributed by atoms with Gasteiger partial charge < -0.3 is 10.2 Å². The zero-order valence-corrected chi connectivity index (χ0v) is 11.0. The Morgan fingerprint density at radius 3 is 1.27 bits per heavy atom. The molecule has 0 amide bonds. The van der Waals surface area contributed by atoms with Crippen LogP contribution in [0.25, 0.3) is 0 Å². The summed E-state index contributed by atoms with van der Waals surface area (Å²) in [7, 11) is 0. The Labute approximate surface area is 100 Å². The Morgan fingerprint density at radius 1 is 0.733 bits per heavy atom. The van der Waals surface area contributed by atoms with Crippen LogP contribution in [0.5, 0.6) is 11.8 Å². The maximum absolute atomic E-state index is 10.2. The predicted molar refractivity (Wildman–Crippen MR) is 47.4 cm³/mol. The van der Waals surface area contributed by atoms with Crippen molar-refractivity contribution in [1.29, 1.82) is 0 Å². The first kappa shape index (κ1) is 13.5. The zero-order chi connectivity index (χ0) is 10.2. The van der Waals surface area contributed by atoms with E-state index in [4.69, 9.17) is 0 Å². The molecule has 0 unspecified atom stereocenters. The standard InChI is InChI=1S/2C5H5NO.Zn/c2*7-5-3-1-2-4-6-5;/h2*1-4H,(H,6,7);/q;;+2/p-2. The molecule has 0 bridgehead atoms. The molecule has 72 valence electrons. The number of hydrogen-bond acceptors (Lipinski definition) is 4. The molecular formula is C10H8N2O2Zn. The molecule has 2 aromatic heterocycles. The minimum atomic E-state index is -0.178. The van der Waals surface area contributed by atoms with Crippen molar-refractivity contribution in [1.82, 2.24) is 9.97 Å². The second-order valence-electron chi connectivity index (χ2n) is 2.34. The van der Waals surface area contributed by atoms with E-state index >= 15 is 0 Å². The number of hydrogen-bond donors (Lipinski definition) is 0. The monoisotopic (exact) mass is 252 g/mol. The Morgan fingerprint density at radius 2 is 1.13 bits per heavy atom. The van der Waals surface area contributed by atoms with Gasteiger partial charge in [0.15, 0.2) is 0 Å². The van der Waals surface area contributed by atoms with Crippen LogP contribution in [0, 0.1) is 0 Å². The van der Waals surface area contributed by atoms with Crippen LogP contribution in [0.15, 0.2) is 48.8 Å². The van der Waals surface area contributed by atoms with Gasteiger partial charge in [0.05, 0.1) is 0 Å². The Hall–Kier alpha value is -1.48. The molecule has 4 nitrogen and oxygen atoms in total. The topological polar surface area (TPSA) is 71.9 Å². The second kappa shape index (κ2) is 7.88. The molecule has 2 aromatic rings. The quantitative estimate of drug-likeness (QED) is 0.634. The minimum absolute atomic E-state index is 0. The zero-order valence-electron chi connectivity index (χ0n) is 8.04. The first-order valence-electron chi connectivity index (χ1n) is 3.95. The van der Waals surface area contributed by atoms with Crippen LogP contribution in [-0.2, 0) is 19.5 Å². The van der Waals surface area contributed by atoms with Crippen LogP contribution >= 0.6 is 0 Å². The van der Waals surface area contributed by atoms with Gasteiger partial charge in [-0.3, -0.25) is 9.97 Å². The Balaban J connectivity index is 0.000000245. The van der Waals surface area contributed by atoms with Gasteiger partial charge in [0.2, 0.25) is 0 Å². The molecule has 5 heteroatoms. The SMILES string of the molecule is [O-]c1ccccn1.[O-]c1ccccn1.[Zn+2]. The van der Waals surface area contributed by atoms with Crippen molar-refractivity contribution in [2.75, 3.05) is 0 Å². The fourth-order valence-electron chi connectivity index (χ4n) is 0.694. The van der Waals surface area contributed by atoms with Crippen LogP contribution in [0.4, 0.5) is 0 Å². The van der Waals surface area contributed by atoms with E-state index in [1.807, 2.05) is 0 Å². The molecule has 2 heterocycles. The summed E-state index contributed by atoms with van der Waals surface area (Å²) in [4.78, 5) is 6.85. The van der Waals surface area contributed by atoms with E-state index in [-0.39, 0.29) is 31.2 Å².